The highest BCUT2D eigenvalue weighted by atomic mass is 35.5. The Bertz CT molecular complexity index is 376. The maximum Gasteiger partial charge on any atom is 0.0406 e. The van der Waals surface area contributed by atoms with E-state index in [4.69, 9.17) is 11.6 Å². The van der Waals surface area contributed by atoms with Gasteiger partial charge in [0, 0.05) is 30.7 Å². The van der Waals surface area contributed by atoms with Crippen LogP contribution in [0.25, 0.3) is 0 Å². The molecule has 0 heterocycles. The van der Waals surface area contributed by atoms with E-state index in [1.54, 1.807) is 0 Å². The van der Waals surface area contributed by atoms with E-state index in [-0.39, 0.29) is 0 Å². The van der Waals surface area contributed by atoms with Gasteiger partial charge in [-0.3, -0.25) is 4.90 Å². The van der Waals surface area contributed by atoms with E-state index in [9.17, 15) is 0 Å². The molecule has 0 aliphatic carbocycles. The molecule has 0 aliphatic heterocycles. The number of benzene rings is 1. The number of hydrogen-bond acceptors (Lipinski definition) is 2. The Kier molecular flexibility index (Phi) is 7.49. The number of halogens is 1. The smallest absolute Gasteiger partial charge is 0.0406 e. The van der Waals surface area contributed by atoms with Crippen LogP contribution in [0.2, 0.25) is 5.02 Å². The molecule has 1 aromatic rings. The van der Waals surface area contributed by atoms with E-state index in [0.717, 1.165) is 31.1 Å². The molecule has 0 radical (unpaired) electrons. The largest absolute Gasteiger partial charge is 0.313 e. The fraction of sp³-hybridized carbons (Fsp3) is 0.375. The predicted molar refractivity (Wildman–Crippen MR) is 84.7 cm³/mol. The summed E-state index contributed by atoms with van der Waals surface area (Å²) >= 11 is 5.92. The predicted octanol–water partition coefficient (Wildman–Crippen LogP) is 3.66. The van der Waals surface area contributed by atoms with Gasteiger partial charge in [-0.15, -0.1) is 13.2 Å². The highest BCUT2D eigenvalue weighted by Gasteiger charge is 2.10. The molecule has 0 saturated carbocycles. The van der Waals surface area contributed by atoms with Gasteiger partial charge in [0.15, 0.2) is 0 Å². The van der Waals surface area contributed by atoms with E-state index in [2.05, 4.69) is 35.5 Å². The Balaban J connectivity index is 2.58. The van der Waals surface area contributed by atoms with Crippen molar-refractivity contribution in [2.75, 3.05) is 26.7 Å². The molecule has 104 valence electrons. The fourth-order valence-electron chi connectivity index (χ4n) is 2.11. The molecular formula is C16H23ClN2. The highest BCUT2D eigenvalue weighted by Crippen LogP contribution is 2.19. The fourth-order valence-corrected chi connectivity index (χ4v) is 2.23. The number of nitrogens with one attached hydrogen (secondary N) is 1. The van der Waals surface area contributed by atoms with Crippen molar-refractivity contribution >= 4 is 11.6 Å². The molecule has 0 fully saturated rings. The lowest BCUT2D eigenvalue weighted by molar-refractivity contribution is 0.311. The Hall–Kier alpha value is -1.09. The molecule has 0 saturated heterocycles. The lowest BCUT2D eigenvalue weighted by atomic mass is 10.0. The molecule has 0 aromatic heterocycles. The Labute approximate surface area is 121 Å². The number of rotatable bonds is 9. The molecule has 2 nitrogen and oxygen atoms in total. The van der Waals surface area contributed by atoms with Gasteiger partial charge in [0.2, 0.25) is 0 Å². The van der Waals surface area contributed by atoms with Crippen LogP contribution in [0.5, 0.6) is 0 Å². The van der Waals surface area contributed by atoms with Crippen LogP contribution in [-0.2, 0) is 0 Å². The van der Waals surface area contributed by atoms with Gasteiger partial charge in [-0.2, -0.15) is 0 Å². The van der Waals surface area contributed by atoms with Crippen molar-refractivity contribution in [2.45, 2.75) is 12.5 Å². The van der Waals surface area contributed by atoms with Crippen LogP contribution < -0.4 is 5.32 Å². The average Bonchev–Trinajstić information content (AvgIpc) is 2.41. The van der Waals surface area contributed by atoms with E-state index in [1.165, 1.54) is 5.56 Å². The first-order chi connectivity index (χ1) is 9.21. The van der Waals surface area contributed by atoms with Crippen molar-refractivity contribution in [2.24, 2.45) is 0 Å². The molecule has 0 spiro atoms. The van der Waals surface area contributed by atoms with Gasteiger partial charge < -0.3 is 5.32 Å². The van der Waals surface area contributed by atoms with Gasteiger partial charge in [0.05, 0.1) is 0 Å². The molecule has 0 aliphatic rings. The van der Waals surface area contributed by atoms with E-state index < -0.39 is 0 Å². The molecule has 1 atom stereocenters. The SMILES string of the molecule is C=CCN(CC=C)CCC(NC)c1ccc(Cl)cc1. The minimum absolute atomic E-state index is 0.342. The second-order valence-electron chi connectivity index (χ2n) is 4.52. The van der Waals surface area contributed by atoms with Gasteiger partial charge >= 0.3 is 0 Å². The number of hydrogen-bond donors (Lipinski definition) is 1. The van der Waals surface area contributed by atoms with Gasteiger partial charge in [-0.25, -0.2) is 0 Å². The summed E-state index contributed by atoms with van der Waals surface area (Å²) in [7, 11) is 1.99. The summed E-state index contributed by atoms with van der Waals surface area (Å²) in [6, 6.07) is 8.37. The normalized spacial score (nSPS) is 12.4. The molecule has 1 rings (SSSR count). The number of nitrogens with zero attached hydrogens (tertiary/aromatic N) is 1. The second kappa shape index (κ2) is 8.92. The zero-order chi connectivity index (χ0) is 14.1. The van der Waals surface area contributed by atoms with E-state index in [0.29, 0.717) is 6.04 Å². The second-order valence-corrected chi connectivity index (χ2v) is 4.95. The Morgan fingerprint density at radius 3 is 2.26 bits per heavy atom. The average molecular weight is 279 g/mol. The first-order valence-corrected chi connectivity index (χ1v) is 6.96. The summed E-state index contributed by atoms with van der Waals surface area (Å²) in [5.74, 6) is 0. The van der Waals surface area contributed by atoms with Crippen LogP contribution in [-0.4, -0.2) is 31.6 Å². The van der Waals surface area contributed by atoms with Crippen molar-refractivity contribution in [3.05, 3.63) is 60.2 Å². The maximum absolute atomic E-state index is 5.92. The van der Waals surface area contributed by atoms with Gasteiger partial charge in [-0.05, 0) is 31.2 Å². The topological polar surface area (TPSA) is 15.3 Å². The minimum atomic E-state index is 0.342. The van der Waals surface area contributed by atoms with E-state index in [1.807, 2.05) is 31.3 Å². The van der Waals surface area contributed by atoms with Crippen LogP contribution in [0.3, 0.4) is 0 Å². The third kappa shape index (κ3) is 5.60. The quantitative estimate of drug-likeness (QED) is 0.694. The van der Waals surface area contributed by atoms with Crippen molar-refractivity contribution in [3.8, 4) is 0 Å². The molecule has 3 heteroatoms. The van der Waals surface area contributed by atoms with Crippen LogP contribution in [0.1, 0.15) is 18.0 Å². The van der Waals surface area contributed by atoms with Crippen LogP contribution in [0.4, 0.5) is 0 Å². The molecule has 1 unspecified atom stereocenters. The third-order valence-electron chi connectivity index (χ3n) is 3.13. The summed E-state index contributed by atoms with van der Waals surface area (Å²) in [6.07, 6.45) is 4.90. The molecule has 1 aromatic carbocycles. The first kappa shape index (κ1) is 16.0. The Morgan fingerprint density at radius 2 is 1.79 bits per heavy atom. The standard InChI is InChI=1S/C16H23ClN2/c1-4-11-19(12-5-2)13-10-16(18-3)14-6-8-15(17)9-7-14/h4-9,16,18H,1-2,10-13H2,3H3. The lowest BCUT2D eigenvalue weighted by Crippen LogP contribution is -2.28. The summed E-state index contributed by atoms with van der Waals surface area (Å²) in [6.45, 7) is 10.4. The van der Waals surface area contributed by atoms with Gasteiger partial charge in [-0.1, -0.05) is 35.9 Å². The van der Waals surface area contributed by atoms with Gasteiger partial charge in [0.25, 0.3) is 0 Å². The minimum Gasteiger partial charge on any atom is -0.313 e. The zero-order valence-corrected chi connectivity index (χ0v) is 12.4. The van der Waals surface area contributed by atoms with Crippen molar-refractivity contribution in [3.63, 3.8) is 0 Å². The lowest BCUT2D eigenvalue weighted by Gasteiger charge is -2.23. The van der Waals surface area contributed by atoms with Crippen molar-refractivity contribution < 1.29 is 0 Å². The van der Waals surface area contributed by atoms with Crippen LogP contribution in [0, 0.1) is 0 Å². The molecule has 0 amide bonds. The third-order valence-corrected chi connectivity index (χ3v) is 3.38. The molecule has 0 bridgehead atoms. The maximum atomic E-state index is 5.92. The van der Waals surface area contributed by atoms with Crippen molar-refractivity contribution in [1.29, 1.82) is 0 Å². The van der Waals surface area contributed by atoms with Gasteiger partial charge in [0.1, 0.15) is 0 Å². The van der Waals surface area contributed by atoms with Crippen molar-refractivity contribution in [1.82, 2.24) is 10.2 Å². The van der Waals surface area contributed by atoms with Crippen LogP contribution in [0.15, 0.2) is 49.6 Å². The summed E-state index contributed by atoms with van der Waals surface area (Å²) in [4.78, 5) is 2.32. The molecule has 19 heavy (non-hydrogen) atoms. The summed E-state index contributed by atoms with van der Waals surface area (Å²) < 4.78 is 0. The van der Waals surface area contributed by atoms with E-state index >= 15 is 0 Å². The first-order valence-electron chi connectivity index (χ1n) is 6.58. The monoisotopic (exact) mass is 278 g/mol. The summed E-state index contributed by atoms with van der Waals surface area (Å²) in [5, 5.41) is 4.13. The summed E-state index contributed by atoms with van der Waals surface area (Å²) in [5.41, 5.74) is 1.27. The Morgan fingerprint density at radius 1 is 1.21 bits per heavy atom. The zero-order valence-electron chi connectivity index (χ0n) is 11.6. The molecule has 1 N–H and O–H groups in total. The molecular weight excluding hydrogens is 256 g/mol. The van der Waals surface area contributed by atoms with Crippen LogP contribution >= 0.6 is 11.6 Å². The highest BCUT2D eigenvalue weighted by molar-refractivity contribution is 6.30.